The summed E-state index contributed by atoms with van der Waals surface area (Å²) in [5.74, 6) is 0. The molecule has 0 aliphatic carbocycles. The third-order valence-electron chi connectivity index (χ3n) is 2.99. The average molecular weight is 306 g/mol. The quantitative estimate of drug-likeness (QED) is 0.483. The topological polar surface area (TPSA) is 81.0 Å². The van der Waals surface area contributed by atoms with Gasteiger partial charge in [-0.15, -0.1) is 10.2 Å². The van der Waals surface area contributed by atoms with Crippen LogP contribution in [0.25, 0.3) is 10.6 Å². The molecule has 2 rings (SSSR count). The first-order chi connectivity index (χ1) is 10.1. The zero-order valence-corrected chi connectivity index (χ0v) is 12.9. The molecule has 0 aliphatic rings. The van der Waals surface area contributed by atoms with Crippen LogP contribution in [0.1, 0.15) is 23.9 Å². The minimum Gasteiger partial charge on any atom is -0.316 e. The molecule has 2 aromatic rings. The summed E-state index contributed by atoms with van der Waals surface area (Å²) in [4.78, 5) is 10.7. The molecule has 7 heteroatoms. The number of aryl methyl sites for hydroxylation is 1. The molecule has 6 nitrogen and oxygen atoms in total. The van der Waals surface area contributed by atoms with Gasteiger partial charge in [-0.3, -0.25) is 10.1 Å². The molecule has 21 heavy (non-hydrogen) atoms. The first kappa shape index (κ1) is 15.5. The van der Waals surface area contributed by atoms with Crippen molar-refractivity contribution in [3.63, 3.8) is 0 Å². The highest BCUT2D eigenvalue weighted by Crippen LogP contribution is 2.32. The molecule has 112 valence electrons. The van der Waals surface area contributed by atoms with E-state index in [0.29, 0.717) is 10.6 Å². The number of aromatic nitrogens is 2. The lowest BCUT2D eigenvalue weighted by Crippen LogP contribution is -2.17. The Balaban J connectivity index is 2.17. The maximum Gasteiger partial charge on any atom is 0.279 e. The Bertz CT molecular complexity index is 627. The first-order valence-electron chi connectivity index (χ1n) is 6.90. The van der Waals surface area contributed by atoms with Gasteiger partial charge in [-0.1, -0.05) is 24.3 Å². The van der Waals surface area contributed by atoms with Gasteiger partial charge in [-0.2, -0.15) is 0 Å². The van der Waals surface area contributed by atoms with Gasteiger partial charge in [0.1, 0.15) is 5.01 Å². The molecule has 0 radical (unpaired) electrons. The Kier molecular flexibility index (Phi) is 5.35. The van der Waals surface area contributed by atoms with E-state index in [9.17, 15) is 10.1 Å². The van der Waals surface area contributed by atoms with Crippen LogP contribution in [0.3, 0.4) is 0 Å². The van der Waals surface area contributed by atoms with Gasteiger partial charge in [-0.25, -0.2) is 0 Å². The van der Waals surface area contributed by atoms with E-state index in [-0.39, 0.29) is 10.6 Å². The van der Waals surface area contributed by atoms with Crippen LogP contribution < -0.4 is 5.32 Å². The van der Waals surface area contributed by atoms with E-state index >= 15 is 0 Å². The number of nitrogens with one attached hydrogen (secondary N) is 1. The van der Waals surface area contributed by atoms with E-state index in [1.54, 1.807) is 12.1 Å². The Morgan fingerprint density at radius 1 is 1.33 bits per heavy atom. The van der Waals surface area contributed by atoms with Crippen LogP contribution in [0.15, 0.2) is 18.2 Å². The molecule has 0 unspecified atom stereocenters. The second kappa shape index (κ2) is 7.24. The molecule has 1 N–H and O–H groups in total. The van der Waals surface area contributed by atoms with Crippen LogP contribution in [-0.2, 0) is 6.42 Å². The minimum atomic E-state index is -0.376. The van der Waals surface area contributed by atoms with Crippen molar-refractivity contribution in [1.82, 2.24) is 15.5 Å². The predicted octanol–water partition coefficient (Wildman–Crippen LogP) is 2.96. The molecule has 1 aromatic carbocycles. The van der Waals surface area contributed by atoms with Crippen LogP contribution in [0.2, 0.25) is 0 Å². The van der Waals surface area contributed by atoms with Gasteiger partial charge in [0.05, 0.1) is 10.5 Å². The number of hydrogen-bond donors (Lipinski definition) is 1. The van der Waals surface area contributed by atoms with E-state index in [0.717, 1.165) is 36.5 Å². The molecule has 0 bridgehead atoms. The molecule has 0 saturated carbocycles. The van der Waals surface area contributed by atoms with Crippen LogP contribution >= 0.6 is 11.3 Å². The fourth-order valence-corrected chi connectivity index (χ4v) is 2.81. The maximum absolute atomic E-state index is 11.1. The lowest BCUT2D eigenvalue weighted by atomic mass is 10.1. The molecule has 0 atom stereocenters. The van der Waals surface area contributed by atoms with Crippen LogP contribution in [0.4, 0.5) is 5.69 Å². The largest absolute Gasteiger partial charge is 0.316 e. The fraction of sp³-hybridized carbons (Fsp3) is 0.429. The Morgan fingerprint density at radius 2 is 2.14 bits per heavy atom. The Labute approximate surface area is 127 Å². The average Bonchev–Trinajstić information content (AvgIpc) is 2.92. The van der Waals surface area contributed by atoms with Crippen molar-refractivity contribution in [1.29, 1.82) is 0 Å². The van der Waals surface area contributed by atoms with Gasteiger partial charge < -0.3 is 5.32 Å². The minimum absolute atomic E-state index is 0.0763. The summed E-state index contributed by atoms with van der Waals surface area (Å²) in [6, 6.07) is 5.05. The van der Waals surface area contributed by atoms with Crippen molar-refractivity contribution < 1.29 is 4.92 Å². The SMILES string of the molecule is CCCNCCc1nnc(-c2cc(C)ccc2[N+](=O)[O-])s1. The smallest absolute Gasteiger partial charge is 0.279 e. The van der Waals surface area contributed by atoms with E-state index in [1.165, 1.54) is 17.4 Å². The monoisotopic (exact) mass is 306 g/mol. The second-order valence-corrected chi connectivity index (χ2v) is 5.84. The zero-order valence-electron chi connectivity index (χ0n) is 12.1. The lowest BCUT2D eigenvalue weighted by molar-refractivity contribution is -0.384. The summed E-state index contributed by atoms with van der Waals surface area (Å²) in [5, 5.41) is 24.1. The lowest BCUT2D eigenvalue weighted by Gasteiger charge is -2.00. The summed E-state index contributed by atoms with van der Waals surface area (Å²) in [6.45, 7) is 5.85. The number of nitrogens with zero attached hydrogens (tertiary/aromatic N) is 3. The molecule has 0 saturated heterocycles. The standard InChI is InChI=1S/C14H18N4O2S/c1-3-7-15-8-6-13-16-17-14(21-13)11-9-10(2)4-5-12(11)18(19)20/h4-5,9,15H,3,6-8H2,1-2H3. The molecule has 0 amide bonds. The number of nitro benzene ring substituents is 1. The number of hydrogen-bond acceptors (Lipinski definition) is 6. The summed E-state index contributed by atoms with van der Waals surface area (Å²) in [7, 11) is 0. The van der Waals surface area contributed by atoms with E-state index < -0.39 is 0 Å². The van der Waals surface area contributed by atoms with Crippen LogP contribution in [0.5, 0.6) is 0 Å². The number of benzene rings is 1. The highest BCUT2D eigenvalue weighted by molar-refractivity contribution is 7.14. The first-order valence-corrected chi connectivity index (χ1v) is 7.72. The molecule has 1 aromatic heterocycles. The van der Waals surface area contributed by atoms with E-state index in [4.69, 9.17) is 0 Å². The zero-order chi connectivity index (χ0) is 15.2. The second-order valence-electron chi connectivity index (χ2n) is 4.78. The van der Waals surface area contributed by atoms with Crippen molar-refractivity contribution in [2.75, 3.05) is 13.1 Å². The van der Waals surface area contributed by atoms with Crippen molar-refractivity contribution in [3.8, 4) is 10.6 Å². The van der Waals surface area contributed by atoms with Gasteiger partial charge >= 0.3 is 0 Å². The summed E-state index contributed by atoms with van der Waals surface area (Å²) in [6.07, 6.45) is 1.88. The highest BCUT2D eigenvalue weighted by Gasteiger charge is 2.18. The van der Waals surface area contributed by atoms with Gasteiger partial charge in [0.25, 0.3) is 5.69 Å². The number of rotatable bonds is 7. The third-order valence-corrected chi connectivity index (χ3v) is 4.00. The Morgan fingerprint density at radius 3 is 2.86 bits per heavy atom. The molecular weight excluding hydrogens is 288 g/mol. The maximum atomic E-state index is 11.1. The summed E-state index contributed by atoms with van der Waals surface area (Å²) in [5.41, 5.74) is 1.59. The normalized spacial score (nSPS) is 10.8. The van der Waals surface area contributed by atoms with Gasteiger partial charge in [0.15, 0.2) is 5.01 Å². The third kappa shape index (κ3) is 4.05. The number of nitro groups is 1. The highest BCUT2D eigenvalue weighted by atomic mass is 32.1. The molecule has 0 aliphatic heterocycles. The van der Waals surface area contributed by atoms with Gasteiger partial charge in [0.2, 0.25) is 0 Å². The van der Waals surface area contributed by atoms with Crippen LogP contribution in [-0.4, -0.2) is 28.2 Å². The molecule has 0 spiro atoms. The van der Waals surface area contributed by atoms with Crippen molar-refractivity contribution in [2.45, 2.75) is 26.7 Å². The van der Waals surface area contributed by atoms with Crippen molar-refractivity contribution in [3.05, 3.63) is 38.9 Å². The molecule has 0 fully saturated rings. The summed E-state index contributed by atoms with van der Waals surface area (Å²) >= 11 is 1.42. The van der Waals surface area contributed by atoms with Crippen molar-refractivity contribution >= 4 is 17.0 Å². The molecular formula is C14H18N4O2S. The fourth-order valence-electron chi connectivity index (χ4n) is 1.94. The predicted molar refractivity (Wildman–Crippen MR) is 83.6 cm³/mol. The van der Waals surface area contributed by atoms with E-state index in [2.05, 4.69) is 22.4 Å². The molecule has 1 heterocycles. The Hall–Kier alpha value is -1.86. The van der Waals surface area contributed by atoms with Crippen molar-refractivity contribution in [2.24, 2.45) is 0 Å². The summed E-state index contributed by atoms with van der Waals surface area (Å²) < 4.78 is 0. The van der Waals surface area contributed by atoms with E-state index in [1.807, 2.05) is 6.92 Å². The van der Waals surface area contributed by atoms with Gasteiger partial charge in [0, 0.05) is 19.0 Å². The van der Waals surface area contributed by atoms with Gasteiger partial charge in [-0.05, 0) is 31.5 Å². The van der Waals surface area contributed by atoms with Crippen LogP contribution in [0, 0.1) is 17.0 Å².